The van der Waals surface area contributed by atoms with E-state index in [1.165, 1.54) is 0 Å². The first-order chi connectivity index (χ1) is 10.2. The predicted octanol–water partition coefficient (Wildman–Crippen LogP) is 2.92. The molecule has 0 fully saturated rings. The predicted molar refractivity (Wildman–Crippen MR) is 85.0 cm³/mol. The lowest BCUT2D eigenvalue weighted by atomic mass is 10.1. The van der Waals surface area contributed by atoms with Gasteiger partial charge in [0.25, 0.3) is 0 Å². The fourth-order valence-electron chi connectivity index (χ4n) is 2.26. The second kappa shape index (κ2) is 7.86. The van der Waals surface area contributed by atoms with Gasteiger partial charge in [-0.25, -0.2) is 9.97 Å². The maximum Gasteiger partial charge on any atom is 0.143 e. The lowest BCUT2D eigenvalue weighted by molar-refractivity contribution is 0.177. The van der Waals surface area contributed by atoms with Crippen molar-refractivity contribution in [1.29, 1.82) is 0 Å². The zero-order valence-electron chi connectivity index (χ0n) is 13.0. The van der Waals surface area contributed by atoms with Crippen LogP contribution in [0.3, 0.4) is 0 Å². The third kappa shape index (κ3) is 4.92. The number of methoxy groups -OCH3 is 1. The van der Waals surface area contributed by atoms with Crippen molar-refractivity contribution in [2.24, 2.45) is 0 Å². The average Bonchev–Trinajstić information content (AvgIpc) is 2.48. The minimum atomic E-state index is 0.755. The van der Waals surface area contributed by atoms with E-state index in [9.17, 15) is 0 Å². The minimum absolute atomic E-state index is 0.755. The Hall–Kier alpha value is -1.78. The molecule has 0 N–H and O–H groups in total. The Kier molecular flexibility index (Phi) is 5.84. The lowest BCUT2D eigenvalue weighted by Gasteiger charge is -2.16. The maximum atomic E-state index is 5.08. The number of benzene rings is 1. The molecule has 0 aliphatic rings. The second-order valence-electron chi connectivity index (χ2n) is 5.26. The Balaban J connectivity index is 2.09. The maximum absolute atomic E-state index is 5.08. The van der Waals surface area contributed by atoms with Crippen molar-refractivity contribution in [2.75, 3.05) is 27.3 Å². The Bertz CT molecular complexity index is 557. The first-order valence-electron chi connectivity index (χ1n) is 7.26. The number of nitrogens with zero attached hydrogens (tertiary/aromatic N) is 3. The van der Waals surface area contributed by atoms with Crippen molar-refractivity contribution >= 4 is 0 Å². The third-order valence-corrected chi connectivity index (χ3v) is 3.27. The molecule has 0 amide bonds. The molecule has 0 saturated carbocycles. The molecule has 0 unspecified atom stereocenters. The molecule has 1 aromatic heterocycles. The van der Waals surface area contributed by atoms with Gasteiger partial charge >= 0.3 is 0 Å². The van der Waals surface area contributed by atoms with Crippen LogP contribution in [-0.4, -0.2) is 42.2 Å². The van der Waals surface area contributed by atoms with Gasteiger partial charge in [0.2, 0.25) is 0 Å². The Labute approximate surface area is 126 Å². The van der Waals surface area contributed by atoms with Crippen molar-refractivity contribution in [3.63, 3.8) is 0 Å². The molecule has 0 aliphatic carbocycles. The summed E-state index contributed by atoms with van der Waals surface area (Å²) in [4.78, 5) is 11.5. The molecule has 0 saturated heterocycles. The summed E-state index contributed by atoms with van der Waals surface area (Å²) in [7, 11) is 3.82. The van der Waals surface area contributed by atoms with Crippen LogP contribution >= 0.6 is 0 Å². The van der Waals surface area contributed by atoms with Gasteiger partial charge < -0.3 is 4.74 Å². The number of aryl methyl sites for hydroxylation is 1. The molecule has 4 heteroatoms. The highest BCUT2D eigenvalue weighted by Crippen LogP contribution is 2.17. The van der Waals surface area contributed by atoms with E-state index in [4.69, 9.17) is 4.74 Å². The Morgan fingerprint density at radius 1 is 1.14 bits per heavy atom. The summed E-state index contributed by atoms with van der Waals surface area (Å²) >= 11 is 0. The van der Waals surface area contributed by atoms with Gasteiger partial charge in [0, 0.05) is 31.5 Å². The summed E-state index contributed by atoms with van der Waals surface area (Å²) in [5, 5.41) is 0. The van der Waals surface area contributed by atoms with Crippen LogP contribution in [0.5, 0.6) is 0 Å². The minimum Gasteiger partial charge on any atom is -0.385 e. The molecule has 1 aromatic carbocycles. The summed E-state index contributed by atoms with van der Waals surface area (Å²) in [5.41, 5.74) is 3.12. The normalized spacial score (nSPS) is 11.0. The van der Waals surface area contributed by atoms with Gasteiger partial charge in [-0.1, -0.05) is 30.3 Å². The van der Waals surface area contributed by atoms with E-state index in [1.807, 2.05) is 31.2 Å². The van der Waals surface area contributed by atoms with Crippen LogP contribution in [-0.2, 0) is 11.3 Å². The zero-order chi connectivity index (χ0) is 15.1. The largest absolute Gasteiger partial charge is 0.385 e. The van der Waals surface area contributed by atoms with Crippen LogP contribution in [0.1, 0.15) is 17.9 Å². The highest BCUT2D eigenvalue weighted by Gasteiger charge is 2.07. The molecule has 1 heterocycles. The van der Waals surface area contributed by atoms with Gasteiger partial charge in [-0.2, -0.15) is 0 Å². The van der Waals surface area contributed by atoms with Crippen molar-refractivity contribution in [3.05, 3.63) is 47.9 Å². The number of hydrogen-bond acceptors (Lipinski definition) is 4. The molecule has 2 rings (SSSR count). The van der Waals surface area contributed by atoms with Gasteiger partial charge in [-0.3, -0.25) is 4.90 Å². The molecule has 0 radical (unpaired) electrons. The topological polar surface area (TPSA) is 38.2 Å². The summed E-state index contributed by atoms with van der Waals surface area (Å²) in [5.74, 6) is 0.869. The second-order valence-corrected chi connectivity index (χ2v) is 5.26. The summed E-state index contributed by atoms with van der Waals surface area (Å²) in [6.07, 6.45) is 1.02. The van der Waals surface area contributed by atoms with Crippen molar-refractivity contribution in [1.82, 2.24) is 14.9 Å². The molecule has 112 valence electrons. The molecule has 21 heavy (non-hydrogen) atoms. The highest BCUT2D eigenvalue weighted by molar-refractivity contribution is 5.58. The van der Waals surface area contributed by atoms with Crippen molar-refractivity contribution in [3.8, 4) is 11.3 Å². The van der Waals surface area contributed by atoms with Crippen LogP contribution in [0.2, 0.25) is 0 Å². The SMILES string of the molecule is COCCCN(C)Cc1nc(C)cc(-c2ccccc2)n1. The fraction of sp³-hybridized carbons (Fsp3) is 0.412. The van der Waals surface area contributed by atoms with E-state index in [2.05, 4.69) is 34.0 Å². The third-order valence-electron chi connectivity index (χ3n) is 3.27. The van der Waals surface area contributed by atoms with Crippen molar-refractivity contribution < 1.29 is 4.74 Å². The molecule has 0 aliphatic heterocycles. The highest BCUT2D eigenvalue weighted by atomic mass is 16.5. The monoisotopic (exact) mass is 285 g/mol. The molecule has 0 bridgehead atoms. The smallest absolute Gasteiger partial charge is 0.143 e. The Morgan fingerprint density at radius 2 is 1.90 bits per heavy atom. The van der Waals surface area contributed by atoms with E-state index >= 15 is 0 Å². The quantitative estimate of drug-likeness (QED) is 0.733. The van der Waals surface area contributed by atoms with Crippen molar-refractivity contribution in [2.45, 2.75) is 19.9 Å². The number of hydrogen-bond donors (Lipinski definition) is 0. The first-order valence-corrected chi connectivity index (χ1v) is 7.26. The molecular weight excluding hydrogens is 262 g/mol. The van der Waals surface area contributed by atoms with E-state index in [0.717, 1.165) is 48.9 Å². The van der Waals surface area contributed by atoms with Gasteiger partial charge in [0.1, 0.15) is 5.82 Å². The molecule has 0 spiro atoms. The number of rotatable bonds is 7. The van der Waals surface area contributed by atoms with E-state index in [-0.39, 0.29) is 0 Å². The molecular formula is C17H23N3O. The molecule has 4 nitrogen and oxygen atoms in total. The Morgan fingerprint density at radius 3 is 2.62 bits per heavy atom. The summed E-state index contributed by atoms with van der Waals surface area (Å²) < 4.78 is 5.08. The fourth-order valence-corrected chi connectivity index (χ4v) is 2.26. The van der Waals surface area contributed by atoms with Crippen LogP contribution in [0.15, 0.2) is 36.4 Å². The van der Waals surface area contributed by atoms with E-state index in [0.29, 0.717) is 0 Å². The summed E-state index contributed by atoms with van der Waals surface area (Å²) in [6, 6.07) is 12.3. The molecule has 2 aromatic rings. The van der Waals surface area contributed by atoms with E-state index < -0.39 is 0 Å². The number of ether oxygens (including phenoxy) is 1. The van der Waals surface area contributed by atoms with Crippen LogP contribution in [0, 0.1) is 6.92 Å². The number of aromatic nitrogens is 2. The summed E-state index contributed by atoms with van der Waals surface area (Å²) in [6.45, 7) is 4.54. The van der Waals surface area contributed by atoms with Crippen LogP contribution in [0.25, 0.3) is 11.3 Å². The lowest BCUT2D eigenvalue weighted by Crippen LogP contribution is -2.21. The van der Waals surface area contributed by atoms with Gasteiger partial charge in [-0.05, 0) is 26.5 Å². The standard InChI is InChI=1S/C17H23N3O/c1-14-12-16(15-8-5-4-6-9-15)19-17(18-14)13-20(2)10-7-11-21-3/h4-6,8-9,12H,7,10-11,13H2,1-3H3. The van der Waals surface area contributed by atoms with E-state index in [1.54, 1.807) is 7.11 Å². The average molecular weight is 285 g/mol. The van der Waals surface area contributed by atoms with Gasteiger partial charge in [-0.15, -0.1) is 0 Å². The molecule has 0 atom stereocenters. The van der Waals surface area contributed by atoms with Gasteiger partial charge in [0.05, 0.1) is 12.2 Å². The van der Waals surface area contributed by atoms with Crippen LogP contribution in [0.4, 0.5) is 0 Å². The van der Waals surface area contributed by atoms with Gasteiger partial charge in [0.15, 0.2) is 0 Å². The zero-order valence-corrected chi connectivity index (χ0v) is 13.0. The van der Waals surface area contributed by atoms with Crippen LogP contribution < -0.4 is 0 Å². The first kappa shape index (κ1) is 15.6.